The molecule has 0 radical (unpaired) electrons. The van der Waals surface area contributed by atoms with E-state index in [-0.39, 0.29) is 38.5 Å². The number of nitriles is 1. The lowest BCUT2D eigenvalue weighted by molar-refractivity contribution is -0.138. The standard InChI is InChI=1S/C10H16N2O4/c1-2-16-10(15)9(7-11)8-12(3-5-13)4-6-14/h8,13-14H,2-6H2,1H3. The number of carbonyl (C=O) groups excluding carboxylic acids is 1. The van der Waals surface area contributed by atoms with Crippen molar-refractivity contribution < 1.29 is 19.7 Å². The van der Waals surface area contributed by atoms with Crippen LogP contribution in [0.1, 0.15) is 6.92 Å². The second-order valence-corrected chi connectivity index (χ2v) is 2.86. The number of rotatable bonds is 7. The highest BCUT2D eigenvalue weighted by atomic mass is 16.5. The minimum Gasteiger partial charge on any atom is -0.462 e. The molecule has 2 N–H and O–H groups in total. The summed E-state index contributed by atoms with van der Waals surface area (Å²) in [7, 11) is 0. The zero-order valence-corrected chi connectivity index (χ0v) is 9.22. The Kier molecular flexibility index (Phi) is 7.85. The summed E-state index contributed by atoms with van der Waals surface area (Å²) < 4.78 is 4.67. The zero-order valence-electron chi connectivity index (χ0n) is 9.22. The highest BCUT2D eigenvalue weighted by Crippen LogP contribution is 2.00. The summed E-state index contributed by atoms with van der Waals surface area (Å²) in [4.78, 5) is 12.7. The molecule has 0 aromatic carbocycles. The van der Waals surface area contributed by atoms with Crippen molar-refractivity contribution in [2.75, 3.05) is 32.9 Å². The van der Waals surface area contributed by atoms with Gasteiger partial charge in [0, 0.05) is 19.3 Å². The molecule has 0 fully saturated rings. The van der Waals surface area contributed by atoms with Gasteiger partial charge in [-0.2, -0.15) is 5.26 Å². The van der Waals surface area contributed by atoms with Crippen LogP contribution in [0.2, 0.25) is 0 Å². The van der Waals surface area contributed by atoms with E-state index in [4.69, 9.17) is 15.5 Å². The van der Waals surface area contributed by atoms with E-state index in [0.29, 0.717) is 0 Å². The van der Waals surface area contributed by atoms with Crippen LogP contribution in [-0.4, -0.2) is 54.0 Å². The maximum atomic E-state index is 11.3. The molecule has 0 bridgehead atoms. The molecule has 16 heavy (non-hydrogen) atoms. The number of carbonyl (C=O) groups is 1. The molecule has 0 saturated heterocycles. The number of esters is 1. The van der Waals surface area contributed by atoms with Gasteiger partial charge in [0.2, 0.25) is 0 Å². The molecule has 0 heterocycles. The maximum Gasteiger partial charge on any atom is 0.350 e. The molecule has 0 rings (SSSR count). The highest BCUT2D eigenvalue weighted by molar-refractivity contribution is 5.92. The predicted octanol–water partition coefficient (Wildman–Crippen LogP) is -0.756. The number of ether oxygens (including phenoxy) is 1. The van der Waals surface area contributed by atoms with Crippen LogP contribution in [0.3, 0.4) is 0 Å². The van der Waals surface area contributed by atoms with Gasteiger partial charge >= 0.3 is 5.97 Å². The normalized spacial score (nSPS) is 10.8. The summed E-state index contributed by atoms with van der Waals surface area (Å²) in [5, 5.41) is 26.2. The number of hydrogen-bond acceptors (Lipinski definition) is 6. The van der Waals surface area contributed by atoms with E-state index in [0.717, 1.165) is 0 Å². The molecule has 6 heteroatoms. The van der Waals surface area contributed by atoms with E-state index in [1.807, 2.05) is 0 Å². The minimum absolute atomic E-state index is 0.127. The van der Waals surface area contributed by atoms with E-state index in [2.05, 4.69) is 4.74 Å². The Morgan fingerprint density at radius 1 is 1.44 bits per heavy atom. The van der Waals surface area contributed by atoms with Crippen LogP contribution in [0.4, 0.5) is 0 Å². The number of aliphatic hydroxyl groups is 2. The predicted molar refractivity (Wildman–Crippen MR) is 56.1 cm³/mol. The first kappa shape index (κ1) is 14.4. The van der Waals surface area contributed by atoms with E-state index >= 15 is 0 Å². The molecule has 0 spiro atoms. The van der Waals surface area contributed by atoms with Crippen molar-refractivity contribution in [2.45, 2.75) is 6.92 Å². The first-order valence-electron chi connectivity index (χ1n) is 4.94. The van der Waals surface area contributed by atoms with Crippen LogP contribution in [0.5, 0.6) is 0 Å². The van der Waals surface area contributed by atoms with Crippen LogP contribution in [0, 0.1) is 11.3 Å². The molecule has 0 atom stereocenters. The van der Waals surface area contributed by atoms with Crippen molar-refractivity contribution in [3.63, 3.8) is 0 Å². The number of aliphatic hydroxyl groups excluding tert-OH is 2. The third kappa shape index (κ3) is 5.34. The average molecular weight is 228 g/mol. The van der Waals surface area contributed by atoms with Gasteiger partial charge < -0.3 is 19.8 Å². The first-order valence-corrected chi connectivity index (χ1v) is 4.94. The van der Waals surface area contributed by atoms with Gasteiger partial charge in [-0.1, -0.05) is 0 Å². The van der Waals surface area contributed by atoms with E-state index in [9.17, 15) is 4.79 Å². The average Bonchev–Trinajstić information content (AvgIpc) is 2.26. The van der Waals surface area contributed by atoms with Gasteiger partial charge in [-0.15, -0.1) is 0 Å². The quantitative estimate of drug-likeness (QED) is 0.338. The Labute approximate surface area is 94.4 Å². The van der Waals surface area contributed by atoms with Crippen LogP contribution >= 0.6 is 0 Å². The van der Waals surface area contributed by atoms with Crippen molar-refractivity contribution in [1.29, 1.82) is 5.26 Å². The Balaban J connectivity index is 4.62. The Morgan fingerprint density at radius 2 is 2.00 bits per heavy atom. The third-order valence-corrected chi connectivity index (χ3v) is 1.70. The van der Waals surface area contributed by atoms with E-state index < -0.39 is 5.97 Å². The largest absolute Gasteiger partial charge is 0.462 e. The molecule has 0 aliphatic heterocycles. The SMILES string of the molecule is CCOC(=O)C(C#N)=CN(CCO)CCO. The number of nitrogens with zero attached hydrogens (tertiary/aromatic N) is 2. The molecule has 6 nitrogen and oxygen atoms in total. The smallest absolute Gasteiger partial charge is 0.350 e. The van der Waals surface area contributed by atoms with Crippen LogP contribution in [0.25, 0.3) is 0 Å². The fraction of sp³-hybridized carbons (Fsp3) is 0.600. The van der Waals surface area contributed by atoms with Crippen molar-refractivity contribution in [2.24, 2.45) is 0 Å². The summed E-state index contributed by atoms with van der Waals surface area (Å²) in [6.45, 7) is 2.07. The van der Waals surface area contributed by atoms with Gasteiger partial charge in [0.15, 0.2) is 5.57 Å². The van der Waals surface area contributed by atoms with Crippen molar-refractivity contribution in [3.8, 4) is 6.07 Å². The zero-order chi connectivity index (χ0) is 12.4. The maximum absolute atomic E-state index is 11.3. The lowest BCUT2D eigenvalue weighted by atomic mass is 10.3. The van der Waals surface area contributed by atoms with Crippen LogP contribution in [0.15, 0.2) is 11.8 Å². The van der Waals surface area contributed by atoms with Crippen LogP contribution < -0.4 is 0 Å². The Bertz CT molecular complexity index is 277. The molecular formula is C10H16N2O4. The molecule has 0 aliphatic carbocycles. The van der Waals surface area contributed by atoms with Gasteiger partial charge in [-0.25, -0.2) is 4.79 Å². The highest BCUT2D eigenvalue weighted by Gasteiger charge is 2.11. The summed E-state index contributed by atoms with van der Waals surface area (Å²) in [6.07, 6.45) is 1.28. The van der Waals surface area contributed by atoms with Crippen molar-refractivity contribution in [3.05, 3.63) is 11.8 Å². The summed E-state index contributed by atoms with van der Waals surface area (Å²) >= 11 is 0. The van der Waals surface area contributed by atoms with Gasteiger partial charge in [0.05, 0.1) is 19.8 Å². The van der Waals surface area contributed by atoms with Gasteiger partial charge in [0.25, 0.3) is 0 Å². The lowest BCUT2D eigenvalue weighted by Gasteiger charge is -2.17. The fourth-order valence-electron chi connectivity index (χ4n) is 1.02. The van der Waals surface area contributed by atoms with Gasteiger partial charge in [-0.05, 0) is 6.92 Å². The molecule has 0 amide bonds. The Morgan fingerprint density at radius 3 is 2.38 bits per heavy atom. The second kappa shape index (κ2) is 8.71. The molecule has 0 aromatic rings. The monoisotopic (exact) mass is 228 g/mol. The lowest BCUT2D eigenvalue weighted by Crippen LogP contribution is -2.26. The Hall–Kier alpha value is -1.58. The molecular weight excluding hydrogens is 212 g/mol. The molecule has 0 aliphatic rings. The molecule has 0 aromatic heterocycles. The third-order valence-electron chi connectivity index (χ3n) is 1.70. The summed E-state index contributed by atoms with van der Waals surface area (Å²) in [5.74, 6) is -0.703. The van der Waals surface area contributed by atoms with E-state index in [1.165, 1.54) is 11.1 Å². The van der Waals surface area contributed by atoms with E-state index in [1.54, 1.807) is 13.0 Å². The summed E-state index contributed by atoms with van der Waals surface area (Å²) in [6, 6.07) is 1.72. The fourth-order valence-corrected chi connectivity index (χ4v) is 1.02. The first-order chi connectivity index (χ1) is 7.69. The van der Waals surface area contributed by atoms with Crippen LogP contribution in [-0.2, 0) is 9.53 Å². The second-order valence-electron chi connectivity index (χ2n) is 2.86. The molecule has 0 unspecified atom stereocenters. The topological polar surface area (TPSA) is 93.8 Å². The van der Waals surface area contributed by atoms with Gasteiger partial charge in [0.1, 0.15) is 6.07 Å². The molecule has 90 valence electrons. The number of hydrogen-bond donors (Lipinski definition) is 2. The van der Waals surface area contributed by atoms with Gasteiger partial charge in [-0.3, -0.25) is 0 Å². The molecule has 0 saturated carbocycles. The minimum atomic E-state index is -0.703. The van der Waals surface area contributed by atoms with Crippen molar-refractivity contribution in [1.82, 2.24) is 4.90 Å². The summed E-state index contributed by atoms with van der Waals surface area (Å²) in [5.41, 5.74) is -0.149. The van der Waals surface area contributed by atoms with Crippen molar-refractivity contribution >= 4 is 5.97 Å².